The molecule has 1 heterocycles. The van der Waals surface area contributed by atoms with Gasteiger partial charge in [-0.05, 0) is 18.4 Å². The Morgan fingerprint density at radius 3 is 2.85 bits per heavy atom. The van der Waals surface area contributed by atoms with E-state index in [-0.39, 0.29) is 0 Å². The first-order chi connectivity index (χ1) is 6.20. The maximum Gasteiger partial charge on any atom is 0.239 e. The third kappa shape index (κ3) is 5.91. The summed E-state index contributed by atoms with van der Waals surface area (Å²) in [5.74, 6) is 0. The summed E-state index contributed by atoms with van der Waals surface area (Å²) in [5, 5.41) is 0. The van der Waals surface area contributed by atoms with Crippen LogP contribution in [0.4, 0.5) is 0 Å². The maximum absolute atomic E-state index is 5.84. The number of halogens is 2. The molecule has 0 aromatic carbocycles. The van der Waals surface area contributed by atoms with E-state index in [1.165, 1.54) is 0 Å². The van der Waals surface area contributed by atoms with Crippen molar-refractivity contribution in [2.75, 3.05) is 19.8 Å². The smallest absolute Gasteiger partial charge is 0.239 e. The second-order valence-corrected chi connectivity index (χ2v) is 8.78. The zero-order valence-corrected chi connectivity index (χ0v) is 10.5. The number of hydrogen-bond acceptors (Lipinski definition) is 2. The molecule has 0 amide bonds. The second kappa shape index (κ2) is 6.25. The van der Waals surface area contributed by atoms with Gasteiger partial charge in [0.15, 0.2) is 0 Å². The molecule has 1 aliphatic rings. The van der Waals surface area contributed by atoms with Gasteiger partial charge in [0.25, 0.3) is 0 Å². The van der Waals surface area contributed by atoms with Crippen LogP contribution >= 0.6 is 22.2 Å². The second-order valence-electron chi connectivity index (χ2n) is 3.48. The van der Waals surface area contributed by atoms with E-state index in [4.69, 9.17) is 31.6 Å². The topological polar surface area (TPSA) is 21.8 Å². The summed E-state index contributed by atoms with van der Waals surface area (Å²) in [7, 11) is -1.46. The van der Waals surface area contributed by atoms with Crippen molar-refractivity contribution in [1.29, 1.82) is 0 Å². The van der Waals surface area contributed by atoms with Crippen LogP contribution < -0.4 is 0 Å². The van der Waals surface area contributed by atoms with E-state index >= 15 is 0 Å². The fraction of sp³-hybridized carbons (Fsp3) is 1.00. The Morgan fingerprint density at radius 1 is 1.62 bits per heavy atom. The van der Waals surface area contributed by atoms with Crippen molar-refractivity contribution in [3.8, 4) is 0 Å². The molecular formula is C8H16Cl2O2Si. The molecule has 0 aromatic rings. The highest BCUT2D eigenvalue weighted by atomic mass is 35.7. The molecule has 1 fully saturated rings. The largest absolute Gasteiger partial charge is 0.379 e. The van der Waals surface area contributed by atoms with Crippen molar-refractivity contribution in [2.24, 2.45) is 0 Å². The molecule has 13 heavy (non-hydrogen) atoms. The van der Waals surface area contributed by atoms with Gasteiger partial charge in [0.1, 0.15) is 6.10 Å². The fourth-order valence-corrected chi connectivity index (χ4v) is 2.26. The summed E-state index contributed by atoms with van der Waals surface area (Å²) in [6.07, 6.45) is 2.51. The Labute approximate surface area is 90.5 Å². The Kier molecular flexibility index (Phi) is 5.67. The molecule has 1 rings (SSSR count). The number of rotatable bonds is 7. The predicted octanol–water partition coefficient (Wildman–Crippen LogP) is 2.27. The van der Waals surface area contributed by atoms with Gasteiger partial charge in [-0.1, -0.05) is 6.92 Å². The molecule has 2 nitrogen and oxygen atoms in total. The molecule has 0 saturated carbocycles. The zero-order valence-electron chi connectivity index (χ0n) is 7.84. The van der Waals surface area contributed by atoms with Crippen LogP contribution in [-0.4, -0.2) is 33.3 Å². The van der Waals surface area contributed by atoms with Crippen LogP contribution in [0, 0.1) is 0 Å². The molecule has 0 aromatic heterocycles. The standard InChI is InChI=1S/C8H16Cl2O2Si/c1-7(13(9)10)3-2-4-11-5-8-6-12-8/h7-8,13H,2-6H2,1H3. The van der Waals surface area contributed by atoms with Gasteiger partial charge in [-0.2, -0.15) is 22.2 Å². The van der Waals surface area contributed by atoms with Gasteiger partial charge < -0.3 is 9.47 Å². The minimum Gasteiger partial charge on any atom is -0.379 e. The number of ether oxygens (including phenoxy) is 2. The summed E-state index contributed by atoms with van der Waals surface area (Å²) in [6.45, 7) is 4.53. The third-order valence-electron chi connectivity index (χ3n) is 2.08. The highest BCUT2D eigenvalue weighted by molar-refractivity contribution is 7.34. The van der Waals surface area contributed by atoms with Crippen LogP contribution in [-0.2, 0) is 9.47 Å². The van der Waals surface area contributed by atoms with E-state index in [9.17, 15) is 0 Å². The minimum atomic E-state index is -1.46. The first-order valence-corrected chi connectivity index (χ1v) is 8.83. The molecule has 0 N–H and O–H groups in total. The average Bonchev–Trinajstić information content (AvgIpc) is 2.87. The van der Waals surface area contributed by atoms with E-state index in [0.29, 0.717) is 11.6 Å². The summed E-state index contributed by atoms with van der Waals surface area (Å²) in [4.78, 5) is 0. The Balaban J connectivity index is 1.82. The number of hydrogen-bond donors (Lipinski definition) is 0. The molecule has 2 unspecified atom stereocenters. The van der Waals surface area contributed by atoms with Crippen LogP contribution in [0.2, 0.25) is 5.54 Å². The van der Waals surface area contributed by atoms with Crippen LogP contribution in [0.1, 0.15) is 19.8 Å². The molecule has 2 atom stereocenters. The molecule has 0 radical (unpaired) electrons. The van der Waals surface area contributed by atoms with Crippen molar-refractivity contribution in [2.45, 2.75) is 31.4 Å². The molecule has 78 valence electrons. The van der Waals surface area contributed by atoms with Crippen molar-refractivity contribution >= 4 is 29.6 Å². The van der Waals surface area contributed by atoms with Crippen molar-refractivity contribution in [1.82, 2.24) is 0 Å². The van der Waals surface area contributed by atoms with Crippen LogP contribution in [0.15, 0.2) is 0 Å². The third-order valence-corrected chi connectivity index (χ3v) is 5.86. The monoisotopic (exact) mass is 242 g/mol. The average molecular weight is 243 g/mol. The predicted molar refractivity (Wildman–Crippen MR) is 58.1 cm³/mol. The van der Waals surface area contributed by atoms with Crippen molar-refractivity contribution < 1.29 is 9.47 Å². The molecule has 1 saturated heterocycles. The fourth-order valence-electron chi connectivity index (χ4n) is 1.01. The quantitative estimate of drug-likeness (QED) is 0.296. The van der Waals surface area contributed by atoms with E-state index in [1.54, 1.807) is 0 Å². The molecule has 1 aliphatic heterocycles. The normalized spacial score (nSPS) is 23.5. The first-order valence-electron chi connectivity index (χ1n) is 4.67. The van der Waals surface area contributed by atoms with Gasteiger partial charge in [0, 0.05) is 6.61 Å². The van der Waals surface area contributed by atoms with Gasteiger partial charge in [-0.25, -0.2) is 0 Å². The van der Waals surface area contributed by atoms with E-state index < -0.39 is 7.42 Å². The summed E-state index contributed by atoms with van der Waals surface area (Å²) in [5.41, 5.74) is 0.490. The Bertz CT molecular complexity index is 142. The van der Waals surface area contributed by atoms with Gasteiger partial charge >= 0.3 is 0 Å². The lowest BCUT2D eigenvalue weighted by atomic mass is 10.2. The molecule has 0 aliphatic carbocycles. The lowest BCUT2D eigenvalue weighted by Gasteiger charge is -2.09. The van der Waals surface area contributed by atoms with Crippen molar-refractivity contribution in [3.63, 3.8) is 0 Å². The lowest BCUT2D eigenvalue weighted by Crippen LogP contribution is -2.07. The highest BCUT2D eigenvalue weighted by Crippen LogP contribution is 2.21. The van der Waals surface area contributed by atoms with Gasteiger partial charge in [0.2, 0.25) is 7.42 Å². The maximum atomic E-state index is 5.84. The van der Waals surface area contributed by atoms with Crippen LogP contribution in [0.25, 0.3) is 0 Å². The van der Waals surface area contributed by atoms with Gasteiger partial charge in [-0.3, -0.25) is 0 Å². The van der Waals surface area contributed by atoms with E-state index in [1.807, 2.05) is 0 Å². The minimum absolute atomic E-state index is 0.376. The highest BCUT2D eigenvalue weighted by Gasteiger charge is 2.22. The first kappa shape index (κ1) is 11.8. The molecule has 5 heteroatoms. The van der Waals surface area contributed by atoms with E-state index in [0.717, 1.165) is 32.7 Å². The van der Waals surface area contributed by atoms with Crippen molar-refractivity contribution in [3.05, 3.63) is 0 Å². The molecular weight excluding hydrogens is 227 g/mol. The summed E-state index contributed by atoms with van der Waals surface area (Å²) in [6, 6.07) is 0. The summed E-state index contributed by atoms with van der Waals surface area (Å²) >= 11 is 11.7. The Morgan fingerprint density at radius 2 is 2.31 bits per heavy atom. The Hall–Kier alpha value is 0.717. The molecule has 0 bridgehead atoms. The van der Waals surface area contributed by atoms with Crippen LogP contribution in [0.3, 0.4) is 0 Å². The molecule has 0 spiro atoms. The summed E-state index contributed by atoms with van der Waals surface area (Å²) < 4.78 is 10.4. The SMILES string of the molecule is CC(CCCOCC1CO1)[SiH](Cl)Cl. The van der Waals surface area contributed by atoms with Gasteiger partial charge in [-0.15, -0.1) is 0 Å². The lowest BCUT2D eigenvalue weighted by molar-refractivity contribution is 0.113. The van der Waals surface area contributed by atoms with Gasteiger partial charge in [0.05, 0.1) is 13.2 Å². The van der Waals surface area contributed by atoms with E-state index in [2.05, 4.69) is 6.92 Å². The van der Waals surface area contributed by atoms with Crippen LogP contribution in [0.5, 0.6) is 0 Å². The zero-order chi connectivity index (χ0) is 9.68. The number of epoxide rings is 1.